The quantitative estimate of drug-likeness (QED) is 0.595. The monoisotopic (exact) mass is 449 g/mol. The number of nitrogens with zero attached hydrogens (tertiary/aromatic N) is 2. The summed E-state index contributed by atoms with van der Waals surface area (Å²) in [5.74, 6) is -1.08. The van der Waals surface area contributed by atoms with Crippen LogP contribution in [0, 0.1) is 16.7 Å². The molecule has 4 atom stereocenters. The average molecular weight is 450 g/mol. The Labute approximate surface area is 197 Å². The fraction of sp³-hybridized carbons (Fsp3) is 0.179. The van der Waals surface area contributed by atoms with Gasteiger partial charge >= 0.3 is 0 Å². The Hall–Kier alpha value is -4.37. The SMILES string of the molecule is COc1ccc([C@@H]2[C@H](C(=O)c3ccccc3)N3c4ccccc4C=C[C@@H]3[C@@]2(C#N)C(N)=O)cc1. The van der Waals surface area contributed by atoms with E-state index in [9.17, 15) is 14.9 Å². The Morgan fingerprint density at radius 1 is 1.00 bits per heavy atom. The van der Waals surface area contributed by atoms with Gasteiger partial charge < -0.3 is 15.4 Å². The van der Waals surface area contributed by atoms with Crippen LogP contribution in [-0.2, 0) is 4.79 Å². The van der Waals surface area contributed by atoms with E-state index in [1.807, 2.05) is 47.4 Å². The van der Waals surface area contributed by atoms with E-state index in [1.54, 1.807) is 55.6 Å². The number of ketones is 1. The van der Waals surface area contributed by atoms with Crippen molar-refractivity contribution in [1.29, 1.82) is 5.26 Å². The van der Waals surface area contributed by atoms with E-state index in [1.165, 1.54) is 0 Å². The number of methoxy groups -OCH3 is 1. The summed E-state index contributed by atoms with van der Waals surface area (Å²) in [5, 5.41) is 10.5. The predicted molar refractivity (Wildman–Crippen MR) is 129 cm³/mol. The number of para-hydroxylation sites is 1. The third-order valence-electron chi connectivity index (χ3n) is 6.94. The lowest BCUT2D eigenvalue weighted by Crippen LogP contribution is -2.49. The van der Waals surface area contributed by atoms with Crippen LogP contribution in [0.15, 0.2) is 84.9 Å². The lowest BCUT2D eigenvalue weighted by atomic mass is 9.67. The van der Waals surface area contributed by atoms with Crippen LogP contribution >= 0.6 is 0 Å². The van der Waals surface area contributed by atoms with Crippen molar-refractivity contribution in [2.24, 2.45) is 11.1 Å². The molecule has 34 heavy (non-hydrogen) atoms. The smallest absolute Gasteiger partial charge is 0.241 e. The molecule has 3 aromatic carbocycles. The van der Waals surface area contributed by atoms with Crippen molar-refractivity contribution in [2.75, 3.05) is 12.0 Å². The molecule has 2 aliphatic heterocycles. The number of Topliss-reactive ketones (excluding diaryl/α,β-unsaturated/α-hetero) is 1. The molecule has 2 heterocycles. The highest BCUT2D eigenvalue weighted by atomic mass is 16.5. The van der Waals surface area contributed by atoms with Crippen LogP contribution in [0.4, 0.5) is 5.69 Å². The minimum atomic E-state index is -1.66. The van der Waals surface area contributed by atoms with Gasteiger partial charge in [0.2, 0.25) is 5.91 Å². The maximum atomic E-state index is 14.1. The number of hydrogen-bond donors (Lipinski definition) is 1. The summed E-state index contributed by atoms with van der Waals surface area (Å²) in [7, 11) is 1.57. The van der Waals surface area contributed by atoms with Crippen molar-refractivity contribution in [1.82, 2.24) is 0 Å². The Morgan fingerprint density at radius 3 is 2.32 bits per heavy atom. The Balaban J connectivity index is 1.79. The van der Waals surface area contributed by atoms with Gasteiger partial charge in [-0.3, -0.25) is 9.59 Å². The van der Waals surface area contributed by atoms with Gasteiger partial charge in [0.25, 0.3) is 0 Å². The van der Waals surface area contributed by atoms with Crippen LogP contribution in [0.2, 0.25) is 0 Å². The first-order chi connectivity index (χ1) is 16.5. The van der Waals surface area contributed by atoms with E-state index in [0.717, 1.165) is 11.3 Å². The first-order valence-corrected chi connectivity index (χ1v) is 11.0. The van der Waals surface area contributed by atoms with Gasteiger partial charge in [0.15, 0.2) is 11.2 Å². The molecule has 168 valence electrons. The second-order valence-electron chi connectivity index (χ2n) is 8.54. The Morgan fingerprint density at radius 2 is 1.68 bits per heavy atom. The second kappa shape index (κ2) is 8.20. The van der Waals surface area contributed by atoms with E-state index < -0.39 is 29.3 Å². The lowest BCUT2D eigenvalue weighted by molar-refractivity contribution is -0.125. The van der Waals surface area contributed by atoms with Gasteiger partial charge in [-0.2, -0.15) is 5.26 Å². The molecule has 0 bridgehead atoms. The first-order valence-electron chi connectivity index (χ1n) is 11.0. The fourth-order valence-corrected chi connectivity index (χ4v) is 5.39. The molecule has 1 fully saturated rings. The number of anilines is 1. The van der Waals surface area contributed by atoms with Gasteiger partial charge in [0, 0.05) is 17.2 Å². The molecular weight excluding hydrogens is 426 g/mol. The molecule has 5 rings (SSSR count). The van der Waals surface area contributed by atoms with E-state index in [2.05, 4.69) is 6.07 Å². The van der Waals surface area contributed by atoms with E-state index >= 15 is 0 Å². The molecule has 0 radical (unpaired) electrons. The number of fused-ring (bicyclic) bond motifs is 3. The van der Waals surface area contributed by atoms with Gasteiger partial charge in [0.1, 0.15) is 11.8 Å². The predicted octanol–water partition coefficient (Wildman–Crippen LogP) is 3.94. The van der Waals surface area contributed by atoms with Crippen molar-refractivity contribution in [2.45, 2.75) is 18.0 Å². The second-order valence-corrected chi connectivity index (χ2v) is 8.54. The molecule has 2 aliphatic rings. The molecule has 0 spiro atoms. The Kier molecular flexibility index (Phi) is 5.18. The summed E-state index contributed by atoms with van der Waals surface area (Å²) in [5.41, 5.74) is 7.23. The number of carbonyl (C=O) groups excluding carboxylic acids is 2. The molecule has 0 unspecified atom stereocenters. The molecule has 0 aromatic heterocycles. The minimum absolute atomic E-state index is 0.171. The van der Waals surface area contributed by atoms with Crippen LogP contribution in [-0.4, -0.2) is 30.9 Å². The third-order valence-corrected chi connectivity index (χ3v) is 6.94. The Bertz CT molecular complexity index is 1330. The zero-order valence-electron chi connectivity index (χ0n) is 18.6. The van der Waals surface area contributed by atoms with Gasteiger partial charge in [-0.1, -0.05) is 72.8 Å². The molecule has 1 amide bonds. The molecule has 0 aliphatic carbocycles. The first kappa shape index (κ1) is 21.5. The molecular formula is C28H23N3O3. The molecule has 3 aromatic rings. The summed E-state index contributed by atoms with van der Waals surface area (Å²) in [6.45, 7) is 0. The third kappa shape index (κ3) is 3.01. The minimum Gasteiger partial charge on any atom is -0.497 e. The van der Waals surface area contributed by atoms with Crippen molar-refractivity contribution in [3.05, 3.63) is 102 Å². The van der Waals surface area contributed by atoms with Crippen LogP contribution in [0.1, 0.15) is 27.4 Å². The molecule has 6 nitrogen and oxygen atoms in total. The zero-order valence-corrected chi connectivity index (χ0v) is 18.6. The number of rotatable bonds is 5. The maximum Gasteiger partial charge on any atom is 0.241 e. The number of benzene rings is 3. The number of ether oxygens (including phenoxy) is 1. The fourth-order valence-electron chi connectivity index (χ4n) is 5.39. The van der Waals surface area contributed by atoms with Gasteiger partial charge in [-0.15, -0.1) is 0 Å². The van der Waals surface area contributed by atoms with Crippen molar-refractivity contribution >= 4 is 23.5 Å². The lowest BCUT2D eigenvalue weighted by Gasteiger charge is -2.36. The highest BCUT2D eigenvalue weighted by molar-refractivity contribution is 6.06. The zero-order chi connectivity index (χ0) is 23.9. The van der Waals surface area contributed by atoms with Gasteiger partial charge in [0.05, 0.1) is 19.2 Å². The summed E-state index contributed by atoms with van der Waals surface area (Å²) in [6.07, 6.45) is 3.72. The van der Waals surface area contributed by atoms with Crippen molar-refractivity contribution in [3.8, 4) is 11.8 Å². The van der Waals surface area contributed by atoms with Crippen molar-refractivity contribution in [3.63, 3.8) is 0 Å². The summed E-state index contributed by atoms with van der Waals surface area (Å²) in [6, 6.07) is 24.5. The van der Waals surface area contributed by atoms with E-state index in [4.69, 9.17) is 10.5 Å². The summed E-state index contributed by atoms with van der Waals surface area (Å²) in [4.78, 5) is 29.1. The number of nitriles is 1. The van der Waals surface area contributed by atoms with Crippen LogP contribution in [0.25, 0.3) is 6.08 Å². The average Bonchev–Trinajstić information content (AvgIpc) is 3.20. The highest BCUT2D eigenvalue weighted by Crippen LogP contribution is 2.55. The van der Waals surface area contributed by atoms with Gasteiger partial charge in [-0.05, 0) is 29.3 Å². The summed E-state index contributed by atoms with van der Waals surface area (Å²) < 4.78 is 5.30. The number of carbonyl (C=O) groups is 2. The normalized spacial score (nSPS) is 24.6. The van der Waals surface area contributed by atoms with Crippen LogP contribution in [0.5, 0.6) is 5.75 Å². The highest BCUT2D eigenvalue weighted by Gasteiger charge is 2.65. The van der Waals surface area contributed by atoms with Crippen LogP contribution < -0.4 is 15.4 Å². The maximum absolute atomic E-state index is 14.1. The van der Waals surface area contributed by atoms with Crippen LogP contribution in [0.3, 0.4) is 0 Å². The molecule has 1 saturated heterocycles. The number of nitrogens with two attached hydrogens (primary N) is 1. The van der Waals surface area contributed by atoms with E-state index in [-0.39, 0.29) is 5.78 Å². The summed E-state index contributed by atoms with van der Waals surface area (Å²) >= 11 is 0. The molecule has 0 saturated carbocycles. The number of amides is 1. The number of primary amides is 1. The molecule has 6 heteroatoms. The topological polar surface area (TPSA) is 96.4 Å². The van der Waals surface area contributed by atoms with Crippen molar-refractivity contribution < 1.29 is 14.3 Å². The number of hydrogen-bond acceptors (Lipinski definition) is 5. The largest absolute Gasteiger partial charge is 0.497 e. The standard InChI is InChI=1S/C28H23N3O3/c1-34-21-14-11-19(12-15-21)24-25(26(32)20-8-3-2-4-9-20)31-22-10-6-5-7-18(22)13-16-23(31)28(24,17-29)27(30)33/h2-16,23-25H,1H3,(H2,30,33)/t23-,24-,25-,28-/m1/s1. The van der Waals surface area contributed by atoms with E-state index in [0.29, 0.717) is 16.9 Å². The molecule has 2 N–H and O–H groups in total. The van der Waals surface area contributed by atoms with Gasteiger partial charge in [-0.25, -0.2) is 0 Å².